The number of amides is 1. The van der Waals surface area contributed by atoms with E-state index in [1.54, 1.807) is 30.3 Å². The molecule has 1 amide bonds. The number of rotatable bonds is 6. The maximum Gasteiger partial charge on any atom is 0.271 e. The van der Waals surface area contributed by atoms with E-state index in [0.29, 0.717) is 32.7 Å². The molecule has 0 fully saturated rings. The number of benzene rings is 2. The van der Waals surface area contributed by atoms with Gasteiger partial charge in [-0.3, -0.25) is 4.79 Å². The van der Waals surface area contributed by atoms with E-state index in [9.17, 15) is 4.79 Å². The Bertz CT molecular complexity index is 889. The minimum Gasteiger partial charge on any atom is -0.493 e. The largest absolute Gasteiger partial charge is 0.493 e. The lowest BCUT2D eigenvalue weighted by Crippen LogP contribution is -2.17. The van der Waals surface area contributed by atoms with Crippen LogP contribution in [-0.4, -0.2) is 25.8 Å². The van der Waals surface area contributed by atoms with Crippen molar-refractivity contribution < 1.29 is 14.3 Å². The van der Waals surface area contributed by atoms with E-state index in [-0.39, 0.29) is 12.5 Å². The van der Waals surface area contributed by atoms with E-state index in [1.807, 2.05) is 6.92 Å². The average Bonchev–Trinajstić information content (AvgIpc) is 2.62. The number of hydrogen-bond donors (Lipinski definition) is 1. The number of nitrogens with zero attached hydrogens (tertiary/aromatic N) is 1. The SMILES string of the molecule is C#CCOc1c(Cl)cc(/C=N\NC(=O)c2ccc(C)c(Cl)c2)cc1OC. The van der Waals surface area contributed by atoms with Crippen LogP contribution in [0.1, 0.15) is 21.5 Å². The molecule has 0 bridgehead atoms. The Labute approximate surface area is 161 Å². The highest BCUT2D eigenvalue weighted by molar-refractivity contribution is 6.32. The first-order chi connectivity index (χ1) is 12.5. The molecule has 26 heavy (non-hydrogen) atoms. The van der Waals surface area contributed by atoms with Crippen molar-refractivity contribution in [3.8, 4) is 23.8 Å². The number of hydrogen-bond acceptors (Lipinski definition) is 4. The van der Waals surface area contributed by atoms with E-state index in [0.717, 1.165) is 5.56 Å². The van der Waals surface area contributed by atoms with Crippen LogP contribution in [0, 0.1) is 19.3 Å². The van der Waals surface area contributed by atoms with Crippen molar-refractivity contribution in [2.24, 2.45) is 5.10 Å². The third-order valence-corrected chi connectivity index (χ3v) is 4.05. The van der Waals surface area contributed by atoms with Crippen LogP contribution in [0.25, 0.3) is 0 Å². The Morgan fingerprint density at radius 3 is 2.73 bits per heavy atom. The number of ether oxygens (including phenoxy) is 2. The Morgan fingerprint density at radius 2 is 2.08 bits per heavy atom. The molecular weight excluding hydrogens is 375 g/mol. The summed E-state index contributed by atoms with van der Waals surface area (Å²) in [5.74, 6) is 2.74. The molecule has 2 rings (SSSR count). The summed E-state index contributed by atoms with van der Waals surface area (Å²) in [6.45, 7) is 1.93. The van der Waals surface area contributed by atoms with Crippen LogP contribution in [0.4, 0.5) is 0 Å². The first kappa shape index (κ1) is 19.6. The quantitative estimate of drug-likeness (QED) is 0.459. The lowest BCUT2D eigenvalue weighted by Gasteiger charge is -2.11. The number of aryl methyl sites for hydroxylation is 1. The van der Waals surface area contributed by atoms with Gasteiger partial charge >= 0.3 is 0 Å². The molecule has 0 aliphatic heterocycles. The van der Waals surface area contributed by atoms with E-state index in [1.165, 1.54) is 13.3 Å². The molecule has 134 valence electrons. The van der Waals surface area contributed by atoms with Gasteiger partial charge in [-0.15, -0.1) is 6.42 Å². The third kappa shape index (κ3) is 4.92. The van der Waals surface area contributed by atoms with Gasteiger partial charge in [0.25, 0.3) is 5.91 Å². The van der Waals surface area contributed by atoms with Crippen LogP contribution >= 0.6 is 23.2 Å². The van der Waals surface area contributed by atoms with Crippen LogP contribution in [0.5, 0.6) is 11.5 Å². The van der Waals surface area contributed by atoms with Crippen molar-refractivity contribution in [3.63, 3.8) is 0 Å². The van der Waals surface area contributed by atoms with Crippen LogP contribution in [-0.2, 0) is 0 Å². The van der Waals surface area contributed by atoms with Crippen LogP contribution in [0.2, 0.25) is 10.0 Å². The zero-order valence-electron chi connectivity index (χ0n) is 14.2. The van der Waals surface area contributed by atoms with E-state index >= 15 is 0 Å². The predicted molar refractivity (Wildman–Crippen MR) is 104 cm³/mol. The second-order valence-electron chi connectivity index (χ2n) is 5.19. The van der Waals surface area contributed by atoms with Crippen LogP contribution in [0.3, 0.4) is 0 Å². The number of nitrogens with one attached hydrogen (secondary N) is 1. The van der Waals surface area contributed by atoms with Crippen molar-refractivity contribution in [2.45, 2.75) is 6.92 Å². The molecule has 0 radical (unpaired) electrons. The third-order valence-electron chi connectivity index (χ3n) is 3.37. The summed E-state index contributed by atoms with van der Waals surface area (Å²) in [7, 11) is 1.48. The molecule has 0 aromatic heterocycles. The first-order valence-corrected chi connectivity index (χ1v) is 8.25. The van der Waals surface area contributed by atoms with Crippen molar-refractivity contribution in [1.82, 2.24) is 5.43 Å². The molecule has 0 atom stereocenters. The molecule has 2 aromatic rings. The lowest BCUT2D eigenvalue weighted by molar-refractivity contribution is 0.0955. The Kier molecular flexibility index (Phi) is 6.90. The van der Waals surface area contributed by atoms with Gasteiger partial charge in [-0.1, -0.05) is 35.2 Å². The van der Waals surface area contributed by atoms with Crippen molar-refractivity contribution in [2.75, 3.05) is 13.7 Å². The van der Waals surface area contributed by atoms with Crippen molar-refractivity contribution in [1.29, 1.82) is 0 Å². The second-order valence-corrected chi connectivity index (χ2v) is 6.00. The van der Waals surface area contributed by atoms with Gasteiger partial charge in [-0.2, -0.15) is 5.10 Å². The Hall–Kier alpha value is -2.68. The maximum absolute atomic E-state index is 12.1. The van der Waals surface area contributed by atoms with Gasteiger partial charge in [0, 0.05) is 10.6 Å². The standard InChI is InChI=1S/C19H16Cl2N2O3/c1-4-7-26-18-16(21)8-13(9-17(18)25-3)11-22-23-19(24)14-6-5-12(2)15(20)10-14/h1,5-6,8-11H,7H2,2-3H3,(H,23,24)/b22-11-. The zero-order chi connectivity index (χ0) is 19.1. The summed E-state index contributed by atoms with van der Waals surface area (Å²) >= 11 is 12.2. The summed E-state index contributed by atoms with van der Waals surface area (Å²) in [5.41, 5.74) is 4.34. The highest BCUT2D eigenvalue weighted by atomic mass is 35.5. The van der Waals surface area contributed by atoms with Gasteiger partial charge in [0.05, 0.1) is 18.3 Å². The Morgan fingerprint density at radius 1 is 1.31 bits per heavy atom. The monoisotopic (exact) mass is 390 g/mol. The van der Waals surface area contributed by atoms with Gasteiger partial charge in [-0.25, -0.2) is 5.43 Å². The first-order valence-electron chi connectivity index (χ1n) is 7.49. The summed E-state index contributed by atoms with van der Waals surface area (Å²) in [6, 6.07) is 8.30. The molecule has 0 spiro atoms. The van der Waals surface area contributed by atoms with Gasteiger partial charge < -0.3 is 9.47 Å². The molecule has 0 unspecified atom stereocenters. The van der Waals surface area contributed by atoms with Gasteiger partial charge in [-0.05, 0) is 42.3 Å². The predicted octanol–water partition coefficient (Wildman–Crippen LogP) is 4.09. The van der Waals surface area contributed by atoms with Crippen molar-refractivity contribution in [3.05, 3.63) is 57.1 Å². The fourth-order valence-corrected chi connectivity index (χ4v) is 2.49. The molecule has 7 heteroatoms. The molecule has 1 N–H and O–H groups in total. The fraction of sp³-hybridized carbons (Fsp3) is 0.158. The molecule has 5 nitrogen and oxygen atoms in total. The lowest BCUT2D eigenvalue weighted by atomic mass is 10.1. The molecule has 0 aliphatic carbocycles. The van der Waals surface area contributed by atoms with Gasteiger partial charge in [0.1, 0.15) is 6.61 Å². The highest BCUT2D eigenvalue weighted by Crippen LogP contribution is 2.35. The van der Waals surface area contributed by atoms with E-state index in [2.05, 4.69) is 16.4 Å². The number of methoxy groups -OCH3 is 1. The van der Waals surface area contributed by atoms with Crippen molar-refractivity contribution >= 4 is 35.3 Å². The topological polar surface area (TPSA) is 59.9 Å². The minimum absolute atomic E-state index is 0.0681. The Balaban J connectivity index is 2.12. The van der Waals surface area contributed by atoms with Crippen LogP contribution < -0.4 is 14.9 Å². The summed E-state index contributed by atoms with van der Waals surface area (Å²) in [4.78, 5) is 12.1. The smallest absolute Gasteiger partial charge is 0.271 e. The zero-order valence-corrected chi connectivity index (χ0v) is 15.7. The number of halogens is 2. The number of terminal acetylenes is 1. The van der Waals surface area contributed by atoms with E-state index in [4.69, 9.17) is 39.1 Å². The molecule has 0 saturated carbocycles. The molecule has 2 aromatic carbocycles. The summed E-state index contributed by atoms with van der Waals surface area (Å²) in [6.07, 6.45) is 6.62. The molecule has 0 heterocycles. The average molecular weight is 391 g/mol. The van der Waals surface area contributed by atoms with Gasteiger partial charge in [0.15, 0.2) is 11.5 Å². The minimum atomic E-state index is -0.379. The van der Waals surface area contributed by atoms with Crippen LogP contribution in [0.15, 0.2) is 35.4 Å². The second kappa shape index (κ2) is 9.14. The molecule has 0 aliphatic rings. The maximum atomic E-state index is 12.1. The number of hydrazone groups is 1. The fourth-order valence-electron chi connectivity index (χ4n) is 2.03. The number of carbonyl (C=O) groups excluding carboxylic acids is 1. The normalized spacial score (nSPS) is 10.4. The molecular formula is C19H16Cl2N2O3. The highest BCUT2D eigenvalue weighted by Gasteiger charge is 2.11. The van der Waals surface area contributed by atoms with E-state index < -0.39 is 0 Å². The summed E-state index contributed by atoms with van der Waals surface area (Å²) in [5, 5.41) is 4.76. The van der Waals surface area contributed by atoms with Gasteiger partial charge in [0.2, 0.25) is 0 Å². The number of carbonyl (C=O) groups is 1. The molecule has 0 saturated heterocycles. The summed E-state index contributed by atoms with van der Waals surface area (Å²) < 4.78 is 10.6.